The van der Waals surface area contributed by atoms with Gasteiger partial charge in [0.25, 0.3) is 0 Å². The number of aliphatic hydroxyl groups is 1. The molecule has 1 heterocycles. The van der Waals surface area contributed by atoms with E-state index in [2.05, 4.69) is 40.5 Å². The first-order valence-electron chi connectivity index (χ1n) is 10.5. The minimum absolute atomic E-state index is 0.00145. The summed E-state index contributed by atoms with van der Waals surface area (Å²) in [6, 6.07) is 14.5. The lowest BCUT2D eigenvalue weighted by atomic mass is 9.96. The molecule has 0 aromatic heterocycles. The highest BCUT2D eigenvalue weighted by Gasteiger charge is 2.25. The summed E-state index contributed by atoms with van der Waals surface area (Å²) in [6.45, 7) is 6.52. The quantitative estimate of drug-likeness (QED) is 0.751. The molecule has 2 aromatic carbocycles. The van der Waals surface area contributed by atoms with E-state index in [-0.39, 0.29) is 11.9 Å². The second-order valence-corrected chi connectivity index (χ2v) is 8.46. The van der Waals surface area contributed by atoms with Gasteiger partial charge in [0.1, 0.15) is 5.75 Å². The Morgan fingerprint density at radius 1 is 1.24 bits per heavy atom. The fourth-order valence-corrected chi connectivity index (χ4v) is 3.94. The molecule has 2 N–H and O–H groups in total. The molecule has 1 fully saturated rings. The molecule has 0 unspecified atom stereocenters. The van der Waals surface area contributed by atoms with Crippen molar-refractivity contribution in [3.63, 3.8) is 0 Å². The number of amides is 1. The van der Waals surface area contributed by atoms with Gasteiger partial charge in [-0.1, -0.05) is 30.3 Å². The van der Waals surface area contributed by atoms with Gasteiger partial charge in [-0.05, 0) is 60.1 Å². The number of nitrogens with zero attached hydrogens (tertiary/aromatic N) is 1. The van der Waals surface area contributed by atoms with Crippen molar-refractivity contribution in [2.75, 3.05) is 13.2 Å². The standard InChI is InChI=1S/C24H30N2O3/c1-16(25-17(2)27)20-7-5-18(6-8-20)12-26-13-21-9-10-22(29-15-19-3-4-19)11-23(21)24(28)14-26/h5-11,16,19,24,28H,3-4,12-15H2,1-2H3,(H,25,27)/t16-,24-/m0/s1. The second-order valence-electron chi connectivity index (χ2n) is 8.46. The normalized spacial score (nSPS) is 20.0. The first-order chi connectivity index (χ1) is 14.0. The fraction of sp³-hybridized carbons (Fsp3) is 0.458. The molecule has 5 heteroatoms. The number of aliphatic hydroxyl groups excluding tert-OH is 1. The van der Waals surface area contributed by atoms with Crippen LogP contribution in [0.2, 0.25) is 0 Å². The fourth-order valence-electron chi connectivity index (χ4n) is 3.94. The number of hydrogen-bond acceptors (Lipinski definition) is 4. The Balaban J connectivity index is 1.37. The predicted octanol–water partition coefficient (Wildman–Crippen LogP) is 3.72. The Hall–Kier alpha value is -2.37. The van der Waals surface area contributed by atoms with E-state index in [1.54, 1.807) is 0 Å². The van der Waals surface area contributed by atoms with Gasteiger partial charge in [-0.2, -0.15) is 0 Å². The summed E-state index contributed by atoms with van der Waals surface area (Å²) < 4.78 is 5.87. The van der Waals surface area contributed by atoms with E-state index >= 15 is 0 Å². The summed E-state index contributed by atoms with van der Waals surface area (Å²) in [5.74, 6) is 1.56. The molecule has 2 aromatic rings. The predicted molar refractivity (Wildman–Crippen MR) is 112 cm³/mol. The molecular weight excluding hydrogens is 364 g/mol. The summed E-state index contributed by atoms with van der Waals surface area (Å²) in [6.07, 6.45) is 2.05. The molecule has 1 saturated carbocycles. The third-order valence-corrected chi connectivity index (χ3v) is 5.79. The molecule has 2 aliphatic rings. The van der Waals surface area contributed by atoms with E-state index in [0.29, 0.717) is 6.54 Å². The monoisotopic (exact) mass is 394 g/mol. The van der Waals surface area contributed by atoms with Gasteiger partial charge in [-0.25, -0.2) is 0 Å². The highest BCUT2D eigenvalue weighted by molar-refractivity contribution is 5.73. The van der Waals surface area contributed by atoms with Crippen molar-refractivity contribution in [3.05, 3.63) is 64.7 Å². The van der Waals surface area contributed by atoms with Crippen LogP contribution in [0.5, 0.6) is 5.75 Å². The molecule has 5 nitrogen and oxygen atoms in total. The number of carbonyl (C=O) groups is 1. The molecule has 29 heavy (non-hydrogen) atoms. The number of benzene rings is 2. The number of rotatable bonds is 7. The summed E-state index contributed by atoms with van der Waals surface area (Å²) in [5, 5.41) is 13.6. The van der Waals surface area contributed by atoms with E-state index < -0.39 is 6.10 Å². The molecule has 1 aliphatic heterocycles. The smallest absolute Gasteiger partial charge is 0.217 e. The minimum atomic E-state index is -0.498. The highest BCUT2D eigenvalue weighted by Crippen LogP contribution is 2.33. The van der Waals surface area contributed by atoms with Crippen molar-refractivity contribution in [1.29, 1.82) is 0 Å². The van der Waals surface area contributed by atoms with Crippen LogP contribution in [0.25, 0.3) is 0 Å². The summed E-state index contributed by atoms with van der Waals surface area (Å²) in [4.78, 5) is 13.5. The lowest BCUT2D eigenvalue weighted by Crippen LogP contribution is -2.33. The van der Waals surface area contributed by atoms with Crippen LogP contribution in [-0.2, 0) is 17.9 Å². The number of carbonyl (C=O) groups excluding carboxylic acids is 1. The van der Waals surface area contributed by atoms with Crippen molar-refractivity contribution < 1.29 is 14.6 Å². The van der Waals surface area contributed by atoms with Gasteiger partial charge in [0.05, 0.1) is 18.8 Å². The molecule has 0 spiro atoms. The van der Waals surface area contributed by atoms with Gasteiger partial charge in [-0.3, -0.25) is 9.69 Å². The lowest BCUT2D eigenvalue weighted by Gasteiger charge is -2.32. The Labute approximate surface area is 172 Å². The second kappa shape index (κ2) is 8.56. The summed E-state index contributed by atoms with van der Waals surface area (Å²) in [5.41, 5.74) is 4.45. The Morgan fingerprint density at radius 3 is 2.69 bits per heavy atom. The molecule has 0 saturated heterocycles. The number of ether oxygens (including phenoxy) is 1. The first kappa shape index (κ1) is 19.9. The van der Waals surface area contributed by atoms with Gasteiger partial charge in [0.2, 0.25) is 5.91 Å². The molecule has 1 aliphatic carbocycles. The van der Waals surface area contributed by atoms with Crippen LogP contribution >= 0.6 is 0 Å². The van der Waals surface area contributed by atoms with Crippen LogP contribution < -0.4 is 10.1 Å². The molecule has 0 bridgehead atoms. The first-order valence-corrected chi connectivity index (χ1v) is 10.5. The number of nitrogens with one attached hydrogen (secondary N) is 1. The van der Waals surface area contributed by atoms with Gasteiger partial charge in [0, 0.05) is 26.6 Å². The van der Waals surface area contributed by atoms with Gasteiger partial charge in [-0.15, -0.1) is 0 Å². The van der Waals surface area contributed by atoms with Crippen LogP contribution in [0.4, 0.5) is 0 Å². The zero-order valence-corrected chi connectivity index (χ0v) is 17.2. The topological polar surface area (TPSA) is 61.8 Å². The lowest BCUT2D eigenvalue weighted by molar-refractivity contribution is -0.119. The minimum Gasteiger partial charge on any atom is -0.493 e. The van der Waals surface area contributed by atoms with Gasteiger partial charge in [0.15, 0.2) is 0 Å². The maximum absolute atomic E-state index is 11.2. The third kappa shape index (κ3) is 5.17. The van der Waals surface area contributed by atoms with Crippen LogP contribution in [-0.4, -0.2) is 29.1 Å². The van der Waals surface area contributed by atoms with Crippen molar-refractivity contribution in [2.24, 2.45) is 5.92 Å². The number of fused-ring (bicyclic) bond motifs is 1. The Bertz CT molecular complexity index is 861. The molecule has 154 valence electrons. The van der Waals surface area contributed by atoms with Crippen molar-refractivity contribution >= 4 is 5.91 Å². The summed E-state index contributed by atoms with van der Waals surface area (Å²) in [7, 11) is 0. The van der Waals surface area contributed by atoms with E-state index in [0.717, 1.165) is 42.5 Å². The third-order valence-electron chi connectivity index (χ3n) is 5.79. The van der Waals surface area contributed by atoms with E-state index in [1.807, 2.05) is 19.1 Å². The van der Waals surface area contributed by atoms with E-state index in [1.165, 1.54) is 30.9 Å². The van der Waals surface area contributed by atoms with Crippen molar-refractivity contribution in [3.8, 4) is 5.75 Å². The highest BCUT2D eigenvalue weighted by atomic mass is 16.5. The maximum atomic E-state index is 11.2. The molecule has 2 atom stereocenters. The van der Waals surface area contributed by atoms with Gasteiger partial charge >= 0.3 is 0 Å². The van der Waals surface area contributed by atoms with E-state index in [4.69, 9.17) is 4.74 Å². The number of β-amino-alcohol motifs (C(OH)–C–C–N with tert-alkyl or cyclic N) is 1. The largest absolute Gasteiger partial charge is 0.493 e. The zero-order valence-electron chi connectivity index (χ0n) is 17.2. The van der Waals surface area contributed by atoms with E-state index in [9.17, 15) is 9.90 Å². The van der Waals surface area contributed by atoms with Crippen LogP contribution in [0.15, 0.2) is 42.5 Å². The average molecular weight is 395 g/mol. The molecule has 4 rings (SSSR count). The molecule has 1 amide bonds. The van der Waals surface area contributed by atoms with Crippen molar-refractivity contribution in [2.45, 2.75) is 51.9 Å². The van der Waals surface area contributed by atoms with Crippen LogP contribution in [0.1, 0.15) is 61.1 Å². The van der Waals surface area contributed by atoms with Gasteiger partial charge < -0.3 is 15.2 Å². The Kier molecular flexibility index (Phi) is 5.88. The SMILES string of the molecule is CC(=O)N[C@@H](C)c1ccc(CN2Cc3ccc(OCC4CC4)cc3[C@@H](O)C2)cc1. The average Bonchev–Trinajstić information content (AvgIpc) is 3.51. The van der Waals surface area contributed by atoms with Crippen LogP contribution in [0, 0.1) is 5.92 Å². The molecule has 0 radical (unpaired) electrons. The van der Waals surface area contributed by atoms with Crippen molar-refractivity contribution in [1.82, 2.24) is 10.2 Å². The number of hydrogen-bond donors (Lipinski definition) is 2. The maximum Gasteiger partial charge on any atom is 0.217 e. The zero-order chi connectivity index (χ0) is 20.4. The molecular formula is C24H30N2O3. The van der Waals surface area contributed by atoms with Crippen LogP contribution in [0.3, 0.4) is 0 Å². The Morgan fingerprint density at radius 2 is 2.00 bits per heavy atom. The summed E-state index contributed by atoms with van der Waals surface area (Å²) >= 11 is 0.